The van der Waals surface area contributed by atoms with Gasteiger partial charge in [0.15, 0.2) is 0 Å². The number of hydrogen-bond donors (Lipinski definition) is 1. The molecule has 1 N–H and O–H groups in total. The van der Waals surface area contributed by atoms with Crippen LogP contribution < -0.4 is 0 Å². The van der Waals surface area contributed by atoms with Crippen LogP contribution >= 0.6 is 0 Å². The Labute approximate surface area is 128 Å². The Morgan fingerprint density at radius 1 is 1.41 bits per heavy atom. The van der Waals surface area contributed by atoms with Crippen molar-refractivity contribution in [1.82, 2.24) is 14.9 Å². The van der Waals surface area contributed by atoms with Gasteiger partial charge in [-0.3, -0.25) is 9.69 Å². The lowest BCUT2D eigenvalue weighted by Gasteiger charge is -2.29. The number of piperidine rings is 1. The Morgan fingerprint density at radius 2 is 2.18 bits per heavy atom. The number of esters is 1. The first-order chi connectivity index (χ1) is 10.7. The number of rotatable bonds is 3. The molecule has 6 nitrogen and oxygen atoms in total. The Balaban J connectivity index is 1.64. The molecule has 0 spiro atoms. The summed E-state index contributed by atoms with van der Waals surface area (Å²) in [4.78, 5) is 22.7. The fourth-order valence-corrected chi connectivity index (χ4v) is 2.83. The summed E-state index contributed by atoms with van der Waals surface area (Å²) >= 11 is 0. The van der Waals surface area contributed by atoms with Gasteiger partial charge in [0, 0.05) is 11.6 Å². The van der Waals surface area contributed by atoms with E-state index in [1.165, 1.54) is 7.11 Å². The van der Waals surface area contributed by atoms with Crippen molar-refractivity contribution in [3.63, 3.8) is 0 Å². The zero-order valence-corrected chi connectivity index (χ0v) is 12.5. The highest BCUT2D eigenvalue weighted by Crippen LogP contribution is 2.21. The number of phenols is 1. The highest BCUT2D eigenvalue weighted by Gasteiger charge is 2.25. The molecule has 0 atom stereocenters. The molecule has 0 aliphatic carbocycles. The van der Waals surface area contributed by atoms with Gasteiger partial charge in [-0.25, -0.2) is 9.97 Å². The van der Waals surface area contributed by atoms with Crippen LogP contribution in [0.3, 0.4) is 0 Å². The molecule has 1 aliphatic heterocycles. The molecule has 2 heterocycles. The second-order valence-corrected chi connectivity index (χ2v) is 5.60. The van der Waals surface area contributed by atoms with Gasteiger partial charge < -0.3 is 9.84 Å². The van der Waals surface area contributed by atoms with Crippen LogP contribution in [-0.2, 0) is 16.1 Å². The van der Waals surface area contributed by atoms with Crippen LogP contribution in [0, 0.1) is 5.92 Å². The SMILES string of the molecule is COC(=O)C1CCN(Cc2ncc3cc(O)ccc3n2)CC1. The molecule has 0 radical (unpaired) electrons. The molecule has 1 aromatic heterocycles. The van der Waals surface area contributed by atoms with Gasteiger partial charge in [-0.05, 0) is 44.1 Å². The van der Waals surface area contributed by atoms with Gasteiger partial charge in [0.25, 0.3) is 0 Å². The molecule has 0 bridgehead atoms. The maximum Gasteiger partial charge on any atom is 0.308 e. The van der Waals surface area contributed by atoms with Crippen LogP contribution in [0.2, 0.25) is 0 Å². The number of fused-ring (bicyclic) bond motifs is 1. The minimum Gasteiger partial charge on any atom is -0.508 e. The third-order valence-corrected chi connectivity index (χ3v) is 4.10. The van der Waals surface area contributed by atoms with E-state index in [0.29, 0.717) is 6.54 Å². The lowest BCUT2D eigenvalue weighted by atomic mass is 9.97. The number of carbonyl (C=O) groups excluding carboxylic acids is 1. The van der Waals surface area contributed by atoms with Gasteiger partial charge in [0.1, 0.15) is 11.6 Å². The van der Waals surface area contributed by atoms with Gasteiger partial charge in [-0.1, -0.05) is 0 Å². The highest BCUT2D eigenvalue weighted by molar-refractivity contribution is 5.79. The molecular weight excluding hydrogens is 282 g/mol. The van der Waals surface area contributed by atoms with Crippen molar-refractivity contribution in [1.29, 1.82) is 0 Å². The summed E-state index contributed by atoms with van der Waals surface area (Å²) in [5, 5.41) is 10.3. The summed E-state index contributed by atoms with van der Waals surface area (Å²) in [6.45, 7) is 2.36. The molecule has 116 valence electrons. The second-order valence-electron chi connectivity index (χ2n) is 5.60. The average molecular weight is 301 g/mol. The summed E-state index contributed by atoms with van der Waals surface area (Å²) in [5.41, 5.74) is 0.826. The van der Waals surface area contributed by atoms with E-state index in [2.05, 4.69) is 14.9 Å². The number of hydrogen-bond acceptors (Lipinski definition) is 6. The number of methoxy groups -OCH3 is 1. The second kappa shape index (κ2) is 6.27. The van der Waals surface area contributed by atoms with Gasteiger partial charge in [0.2, 0.25) is 0 Å². The first-order valence-corrected chi connectivity index (χ1v) is 7.40. The topological polar surface area (TPSA) is 75.5 Å². The van der Waals surface area contributed by atoms with Gasteiger partial charge in [-0.15, -0.1) is 0 Å². The fraction of sp³-hybridized carbons (Fsp3) is 0.438. The maximum atomic E-state index is 11.5. The molecule has 1 aliphatic rings. The van der Waals surface area contributed by atoms with Crippen LogP contribution in [0.1, 0.15) is 18.7 Å². The number of aromatic hydroxyl groups is 1. The number of benzene rings is 1. The van der Waals surface area contributed by atoms with Crippen molar-refractivity contribution in [2.24, 2.45) is 5.92 Å². The van der Waals surface area contributed by atoms with Crippen LogP contribution in [0.25, 0.3) is 10.9 Å². The third kappa shape index (κ3) is 3.17. The molecule has 2 aromatic rings. The lowest BCUT2D eigenvalue weighted by molar-refractivity contribution is -0.147. The van der Waals surface area contributed by atoms with E-state index < -0.39 is 0 Å². The summed E-state index contributed by atoms with van der Waals surface area (Å²) in [6, 6.07) is 5.07. The zero-order chi connectivity index (χ0) is 15.5. The predicted octanol–water partition coefficient (Wildman–Crippen LogP) is 1.72. The van der Waals surface area contributed by atoms with Crippen LogP contribution in [0.4, 0.5) is 0 Å². The first kappa shape index (κ1) is 14.7. The van der Waals surface area contributed by atoms with Crippen LogP contribution in [0.15, 0.2) is 24.4 Å². The number of nitrogens with zero attached hydrogens (tertiary/aromatic N) is 3. The number of ether oxygens (including phenoxy) is 1. The van der Waals surface area contributed by atoms with E-state index >= 15 is 0 Å². The van der Waals surface area contributed by atoms with Crippen molar-refractivity contribution in [2.75, 3.05) is 20.2 Å². The van der Waals surface area contributed by atoms with Crippen molar-refractivity contribution < 1.29 is 14.6 Å². The molecule has 0 unspecified atom stereocenters. The van der Waals surface area contributed by atoms with Crippen molar-refractivity contribution >= 4 is 16.9 Å². The molecule has 0 saturated carbocycles. The Kier molecular flexibility index (Phi) is 4.20. The minimum absolute atomic E-state index is 0.0155. The number of phenolic OH excluding ortho intramolecular Hbond substituents is 1. The Morgan fingerprint density at radius 3 is 2.91 bits per heavy atom. The average Bonchev–Trinajstić information content (AvgIpc) is 2.55. The monoisotopic (exact) mass is 301 g/mol. The quantitative estimate of drug-likeness (QED) is 0.870. The number of likely N-dealkylation sites (tertiary alicyclic amines) is 1. The van der Waals surface area contributed by atoms with E-state index in [1.54, 1.807) is 24.4 Å². The standard InChI is InChI=1S/C16H19N3O3/c1-22-16(21)11-4-6-19(7-5-11)10-15-17-9-12-8-13(20)2-3-14(12)18-15/h2-3,8-9,11,20H,4-7,10H2,1H3. The Hall–Kier alpha value is -2.21. The smallest absolute Gasteiger partial charge is 0.308 e. The minimum atomic E-state index is -0.110. The molecule has 1 saturated heterocycles. The normalized spacial score (nSPS) is 16.8. The highest BCUT2D eigenvalue weighted by atomic mass is 16.5. The van der Waals surface area contributed by atoms with E-state index in [0.717, 1.165) is 42.7 Å². The summed E-state index contributed by atoms with van der Waals surface area (Å²) < 4.78 is 4.80. The molecule has 1 aromatic carbocycles. The molecule has 1 fully saturated rings. The van der Waals surface area contributed by atoms with E-state index in [-0.39, 0.29) is 17.6 Å². The number of carbonyl (C=O) groups is 1. The third-order valence-electron chi connectivity index (χ3n) is 4.10. The lowest BCUT2D eigenvalue weighted by Crippen LogP contribution is -2.36. The van der Waals surface area contributed by atoms with Crippen molar-refractivity contribution in [3.05, 3.63) is 30.2 Å². The van der Waals surface area contributed by atoms with E-state index in [9.17, 15) is 9.90 Å². The van der Waals surface area contributed by atoms with E-state index in [4.69, 9.17) is 4.74 Å². The summed E-state index contributed by atoms with van der Waals surface area (Å²) in [6.07, 6.45) is 3.36. The summed E-state index contributed by atoms with van der Waals surface area (Å²) in [7, 11) is 1.44. The van der Waals surface area contributed by atoms with E-state index in [1.807, 2.05) is 0 Å². The van der Waals surface area contributed by atoms with Gasteiger partial charge in [-0.2, -0.15) is 0 Å². The molecule has 3 rings (SSSR count). The van der Waals surface area contributed by atoms with Crippen molar-refractivity contribution in [3.8, 4) is 5.75 Å². The molecule has 6 heteroatoms. The molecule has 22 heavy (non-hydrogen) atoms. The Bertz CT molecular complexity index is 681. The van der Waals surface area contributed by atoms with Crippen LogP contribution in [-0.4, -0.2) is 46.1 Å². The molecule has 0 amide bonds. The van der Waals surface area contributed by atoms with Crippen molar-refractivity contribution in [2.45, 2.75) is 19.4 Å². The molecular formula is C16H19N3O3. The predicted molar refractivity (Wildman–Crippen MR) is 81.2 cm³/mol. The zero-order valence-electron chi connectivity index (χ0n) is 12.5. The first-order valence-electron chi connectivity index (χ1n) is 7.40. The fourth-order valence-electron chi connectivity index (χ4n) is 2.83. The van der Waals surface area contributed by atoms with Gasteiger partial charge >= 0.3 is 5.97 Å². The van der Waals surface area contributed by atoms with Gasteiger partial charge in [0.05, 0.1) is 25.1 Å². The largest absolute Gasteiger partial charge is 0.508 e. The maximum absolute atomic E-state index is 11.5. The summed E-state index contributed by atoms with van der Waals surface area (Å²) in [5.74, 6) is 0.881. The van der Waals surface area contributed by atoms with Crippen LogP contribution in [0.5, 0.6) is 5.75 Å². The number of aromatic nitrogens is 2.